The first kappa shape index (κ1) is 12.7. The Hall–Kier alpha value is -0.705. The minimum atomic E-state index is -0.327. The predicted octanol–water partition coefficient (Wildman–Crippen LogP) is 2.12. The van der Waals surface area contributed by atoms with Crippen LogP contribution in [0.15, 0.2) is 18.2 Å². The summed E-state index contributed by atoms with van der Waals surface area (Å²) < 4.78 is 16.5. The molecule has 0 spiro atoms. The van der Waals surface area contributed by atoms with Gasteiger partial charge in [0.05, 0.1) is 12.1 Å². The Bertz CT molecular complexity index is 399. The summed E-state index contributed by atoms with van der Waals surface area (Å²) in [7, 11) is 1.27. The van der Waals surface area contributed by atoms with Gasteiger partial charge in [-0.15, -0.1) is 0 Å². The zero-order valence-electron chi connectivity index (χ0n) is 10.3. The van der Waals surface area contributed by atoms with Gasteiger partial charge in [-0.3, -0.25) is 0 Å². The third-order valence-electron chi connectivity index (χ3n) is 2.70. The van der Waals surface area contributed by atoms with Crippen molar-refractivity contribution < 1.29 is 14.0 Å². The van der Waals surface area contributed by atoms with E-state index in [1.807, 2.05) is 18.2 Å². The van der Waals surface area contributed by atoms with E-state index in [4.69, 9.17) is 25.6 Å². The molecular formula is C12H16BClO3. The molecule has 1 aromatic carbocycles. The quantitative estimate of drug-likeness (QED) is 0.757. The number of halogens is 1. The van der Waals surface area contributed by atoms with Crippen molar-refractivity contribution in [1.82, 2.24) is 0 Å². The fraction of sp³-hybridized carbons (Fsp3) is 0.500. The van der Waals surface area contributed by atoms with Crippen LogP contribution in [-0.4, -0.2) is 27.4 Å². The average molecular weight is 255 g/mol. The van der Waals surface area contributed by atoms with Crippen molar-refractivity contribution in [3.63, 3.8) is 0 Å². The fourth-order valence-electron chi connectivity index (χ4n) is 1.71. The van der Waals surface area contributed by atoms with Gasteiger partial charge in [-0.2, -0.15) is 0 Å². The molecule has 0 aliphatic carbocycles. The third kappa shape index (κ3) is 2.95. The van der Waals surface area contributed by atoms with Crippen LogP contribution >= 0.6 is 11.6 Å². The summed E-state index contributed by atoms with van der Waals surface area (Å²) in [4.78, 5) is 0. The molecule has 1 aromatic rings. The average Bonchev–Trinajstić information content (AvgIpc) is 2.29. The van der Waals surface area contributed by atoms with E-state index < -0.39 is 0 Å². The van der Waals surface area contributed by atoms with E-state index in [0.29, 0.717) is 24.0 Å². The van der Waals surface area contributed by atoms with Crippen molar-refractivity contribution in [2.45, 2.75) is 13.8 Å². The highest BCUT2D eigenvalue weighted by atomic mass is 35.5. The lowest BCUT2D eigenvalue weighted by molar-refractivity contribution is 0.0343. The standard InChI is InChI=1S/C12H16BClO3/c1-12(2)7-16-13(17-8-12)9-4-5-11(15-3)10(14)6-9/h4-6H,7-8H2,1-3H3. The summed E-state index contributed by atoms with van der Waals surface area (Å²) >= 11 is 6.07. The van der Waals surface area contributed by atoms with Gasteiger partial charge >= 0.3 is 7.12 Å². The highest BCUT2D eigenvalue weighted by Gasteiger charge is 2.33. The highest BCUT2D eigenvalue weighted by molar-refractivity contribution is 6.61. The molecule has 5 heteroatoms. The molecule has 1 aliphatic rings. The van der Waals surface area contributed by atoms with Crippen LogP contribution in [-0.2, 0) is 9.31 Å². The Balaban J connectivity index is 2.11. The van der Waals surface area contributed by atoms with Crippen LogP contribution < -0.4 is 10.2 Å². The number of methoxy groups -OCH3 is 1. The van der Waals surface area contributed by atoms with Gasteiger partial charge in [0.1, 0.15) is 5.75 Å². The molecule has 0 amide bonds. The molecule has 1 heterocycles. The largest absolute Gasteiger partial charge is 0.495 e. The van der Waals surface area contributed by atoms with E-state index in [9.17, 15) is 0 Å². The summed E-state index contributed by atoms with van der Waals surface area (Å²) in [6.45, 7) is 5.59. The molecule has 0 radical (unpaired) electrons. The van der Waals surface area contributed by atoms with Gasteiger partial charge in [0.2, 0.25) is 0 Å². The second-order valence-corrected chi connectivity index (χ2v) is 5.42. The number of hydrogen-bond acceptors (Lipinski definition) is 3. The Morgan fingerprint density at radius 3 is 2.47 bits per heavy atom. The summed E-state index contributed by atoms with van der Waals surface area (Å²) in [6.07, 6.45) is 0. The van der Waals surface area contributed by atoms with E-state index in [1.54, 1.807) is 7.11 Å². The van der Waals surface area contributed by atoms with Gasteiger partial charge in [-0.25, -0.2) is 0 Å². The second kappa shape index (κ2) is 4.88. The van der Waals surface area contributed by atoms with Crippen LogP contribution in [0.1, 0.15) is 13.8 Å². The monoisotopic (exact) mass is 254 g/mol. The Kier molecular flexibility index (Phi) is 3.66. The first-order valence-electron chi connectivity index (χ1n) is 5.58. The minimum absolute atomic E-state index is 0.0762. The highest BCUT2D eigenvalue weighted by Crippen LogP contribution is 2.24. The molecule has 1 aliphatic heterocycles. The second-order valence-electron chi connectivity index (χ2n) is 5.01. The molecule has 0 aromatic heterocycles. The maximum atomic E-state index is 6.07. The molecule has 92 valence electrons. The van der Waals surface area contributed by atoms with Gasteiger partial charge < -0.3 is 14.0 Å². The molecule has 1 saturated heterocycles. The molecular weight excluding hydrogens is 238 g/mol. The van der Waals surface area contributed by atoms with E-state index in [0.717, 1.165) is 5.46 Å². The van der Waals surface area contributed by atoms with Gasteiger partial charge in [-0.1, -0.05) is 31.5 Å². The molecule has 0 unspecified atom stereocenters. The zero-order chi connectivity index (χ0) is 12.5. The van der Waals surface area contributed by atoms with E-state index in [2.05, 4.69) is 13.8 Å². The van der Waals surface area contributed by atoms with Crippen LogP contribution in [0, 0.1) is 5.41 Å². The van der Waals surface area contributed by atoms with Crippen LogP contribution in [0.25, 0.3) is 0 Å². The summed E-state index contributed by atoms with van der Waals surface area (Å²) in [5.74, 6) is 0.659. The first-order chi connectivity index (χ1) is 8.02. The number of ether oxygens (including phenoxy) is 1. The summed E-state index contributed by atoms with van der Waals surface area (Å²) in [5.41, 5.74) is 0.999. The first-order valence-corrected chi connectivity index (χ1v) is 5.96. The Morgan fingerprint density at radius 1 is 1.29 bits per heavy atom. The van der Waals surface area contributed by atoms with Crippen molar-refractivity contribution in [1.29, 1.82) is 0 Å². The zero-order valence-corrected chi connectivity index (χ0v) is 11.1. The lowest BCUT2D eigenvalue weighted by Gasteiger charge is -2.33. The van der Waals surface area contributed by atoms with Crippen LogP contribution in [0.3, 0.4) is 0 Å². The van der Waals surface area contributed by atoms with Crippen molar-refractivity contribution in [3.8, 4) is 5.75 Å². The Labute approximate surface area is 107 Å². The van der Waals surface area contributed by atoms with Gasteiger partial charge in [0, 0.05) is 18.6 Å². The molecule has 3 nitrogen and oxygen atoms in total. The lowest BCUT2D eigenvalue weighted by Crippen LogP contribution is -2.47. The molecule has 0 N–H and O–H groups in total. The molecule has 0 atom stereocenters. The maximum absolute atomic E-state index is 6.07. The van der Waals surface area contributed by atoms with Gasteiger partial charge in [-0.05, 0) is 17.6 Å². The molecule has 0 bridgehead atoms. The van der Waals surface area contributed by atoms with Crippen LogP contribution in [0.2, 0.25) is 5.02 Å². The lowest BCUT2D eigenvalue weighted by atomic mass is 9.76. The van der Waals surface area contributed by atoms with Crippen molar-refractivity contribution >= 4 is 24.2 Å². The van der Waals surface area contributed by atoms with Gasteiger partial charge in [0.15, 0.2) is 0 Å². The molecule has 2 rings (SSSR count). The van der Waals surface area contributed by atoms with E-state index in [1.165, 1.54) is 0 Å². The molecule has 0 saturated carbocycles. The van der Waals surface area contributed by atoms with E-state index in [-0.39, 0.29) is 12.5 Å². The molecule has 17 heavy (non-hydrogen) atoms. The van der Waals surface area contributed by atoms with Gasteiger partial charge in [0.25, 0.3) is 0 Å². The van der Waals surface area contributed by atoms with Crippen molar-refractivity contribution in [3.05, 3.63) is 23.2 Å². The number of hydrogen-bond donors (Lipinski definition) is 0. The Morgan fingerprint density at radius 2 is 1.94 bits per heavy atom. The molecule has 1 fully saturated rings. The minimum Gasteiger partial charge on any atom is -0.495 e. The van der Waals surface area contributed by atoms with Crippen molar-refractivity contribution in [2.24, 2.45) is 5.41 Å². The maximum Gasteiger partial charge on any atom is 0.493 e. The van der Waals surface area contributed by atoms with Crippen molar-refractivity contribution in [2.75, 3.05) is 20.3 Å². The fourth-order valence-corrected chi connectivity index (χ4v) is 1.98. The summed E-state index contributed by atoms with van der Waals surface area (Å²) in [6, 6.07) is 5.56. The van der Waals surface area contributed by atoms with Crippen LogP contribution in [0.4, 0.5) is 0 Å². The normalized spacial score (nSPS) is 19.2. The third-order valence-corrected chi connectivity index (χ3v) is 2.99. The summed E-state index contributed by atoms with van der Waals surface area (Å²) in [5, 5.41) is 0.571. The number of benzene rings is 1. The topological polar surface area (TPSA) is 27.7 Å². The predicted molar refractivity (Wildman–Crippen MR) is 69.1 cm³/mol. The number of rotatable bonds is 2. The van der Waals surface area contributed by atoms with Crippen LogP contribution in [0.5, 0.6) is 5.75 Å². The smallest absolute Gasteiger partial charge is 0.493 e. The SMILES string of the molecule is COc1ccc(B2OCC(C)(C)CO2)cc1Cl. The van der Waals surface area contributed by atoms with E-state index >= 15 is 0 Å².